The molecule has 0 bridgehead atoms. The van der Waals surface area contributed by atoms with E-state index in [1.54, 1.807) is 6.92 Å². The van der Waals surface area contributed by atoms with E-state index in [1.807, 2.05) is 0 Å². The van der Waals surface area contributed by atoms with Crippen LogP contribution in [0.1, 0.15) is 27.2 Å². The normalized spacial score (nSPS) is 34.2. The number of hydrogen-bond acceptors (Lipinski definition) is 6. The molecule has 4 atom stereocenters. The third kappa shape index (κ3) is 3.46. The number of ether oxygens (including phenoxy) is 3. The molecule has 92 valence electrons. The lowest BCUT2D eigenvalue weighted by Gasteiger charge is -2.37. The van der Waals surface area contributed by atoms with Crippen molar-refractivity contribution < 1.29 is 28.9 Å². The van der Waals surface area contributed by atoms with Gasteiger partial charge in [0.2, 0.25) is 0 Å². The molecule has 1 fully saturated rings. The third-order valence-electron chi connectivity index (χ3n) is 2.25. The zero-order chi connectivity index (χ0) is 12.3. The van der Waals surface area contributed by atoms with E-state index in [1.165, 1.54) is 13.8 Å². The predicted molar refractivity (Wildman–Crippen MR) is 52.3 cm³/mol. The van der Waals surface area contributed by atoms with Gasteiger partial charge in [0.05, 0.1) is 6.10 Å². The molecule has 0 unspecified atom stereocenters. The summed E-state index contributed by atoms with van der Waals surface area (Å²) in [5.41, 5.74) is 0. The first-order valence-electron chi connectivity index (χ1n) is 5.08. The molecule has 0 aliphatic carbocycles. The molecule has 0 radical (unpaired) electrons. The molecule has 0 aromatic carbocycles. The molecule has 1 rings (SSSR count). The molecule has 0 spiro atoms. The van der Waals surface area contributed by atoms with Gasteiger partial charge in [0.15, 0.2) is 12.4 Å². The lowest BCUT2D eigenvalue weighted by atomic mass is 10.0. The van der Waals surface area contributed by atoms with Gasteiger partial charge in [-0.05, 0) is 6.92 Å². The van der Waals surface area contributed by atoms with Crippen molar-refractivity contribution in [3.63, 3.8) is 0 Å². The van der Waals surface area contributed by atoms with E-state index in [4.69, 9.17) is 14.2 Å². The number of carbonyl (C=O) groups excluding carboxylic acids is 2. The van der Waals surface area contributed by atoms with Gasteiger partial charge in [-0.1, -0.05) is 0 Å². The molecule has 0 aromatic heterocycles. The smallest absolute Gasteiger partial charge is 0.303 e. The molecule has 1 saturated heterocycles. The maximum absolute atomic E-state index is 10.9. The Balaban J connectivity index is 2.71. The van der Waals surface area contributed by atoms with Gasteiger partial charge in [-0.2, -0.15) is 0 Å². The molecule has 0 amide bonds. The molecule has 1 aliphatic rings. The standard InChI is InChI=1S/C10H16O6/c1-5-10(16-7(3)12)8(15-6(2)11)4-9(13)14-5/h5,8-10,13H,4H2,1-3H3/t5-,8-,9-,10+/m1/s1. The summed E-state index contributed by atoms with van der Waals surface area (Å²) < 4.78 is 15.1. The monoisotopic (exact) mass is 232 g/mol. The minimum absolute atomic E-state index is 0.0991. The lowest BCUT2D eigenvalue weighted by Crippen LogP contribution is -2.50. The van der Waals surface area contributed by atoms with Crippen molar-refractivity contribution in [3.8, 4) is 0 Å². The minimum atomic E-state index is -1.01. The van der Waals surface area contributed by atoms with Crippen LogP contribution in [0.5, 0.6) is 0 Å². The summed E-state index contributed by atoms with van der Waals surface area (Å²) in [4.78, 5) is 21.8. The number of rotatable bonds is 2. The fraction of sp³-hybridized carbons (Fsp3) is 0.800. The molecule has 6 heteroatoms. The molecule has 0 saturated carbocycles. The van der Waals surface area contributed by atoms with E-state index >= 15 is 0 Å². The zero-order valence-corrected chi connectivity index (χ0v) is 9.50. The molecule has 1 N–H and O–H groups in total. The highest BCUT2D eigenvalue weighted by molar-refractivity contribution is 5.67. The fourth-order valence-corrected chi connectivity index (χ4v) is 1.71. The summed E-state index contributed by atoms with van der Waals surface area (Å²) in [7, 11) is 0. The summed E-state index contributed by atoms with van der Waals surface area (Å²) in [6.45, 7) is 4.17. The van der Waals surface area contributed by atoms with Crippen LogP contribution in [0.2, 0.25) is 0 Å². The Morgan fingerprint density at radius 1 is 1.25 bits per heavy atom. The van der Waals surface area contributed by atoms with Gasteiger partial charge in [0, 0.05) is 20.3 Å². The average molecular weight is 232 g/mol. The van der Waals surface area contributed by atoms with E-state index < -0.39 is 36.5 Å². The van der Waals surface area contributed by atoms with E-state index in [9.17, 15) is 14.7 Å². The Labute approximate surface area is 93.5 Å². The first kappa shape index (κ1) is 12.9. The Hall–Kier alpha value is -1.14. The van der Waals surface area contributed by atoms with Crippen LogP contribution in [0, 0.1) is 0 Å². The topological polar surface area (TPSA) is 82.1 Å². The molecule has 6 nitrogen and oxygen atoms in total. The van der Waals surface area contributed by atoms with E-state index in [2.05, 4.69) is 0 Å². The third-order valence-corrected chi connectivity index (χ3v) is 2.25. The van der Waals surface area contributed by atoms with Crippen LogP contribution in [-0.4, -0.2) is 41.6 Å². The summed E-state index contributed by atoms with van der Waals surface area (Å²) >= 11 is 0. The highest BCUT2D eigenvalue weighted by Gasteiger charge is 2.40. The van der Waals surface area contributed by atoms with E-state index in [0.717, 1.165) is 0 Å². The van der Waals surface area contributed by atoms with Crippen LogP contribution >= 0.6 is 0 Å². The summed E-state index contributed by atoms with van der Waals surface area (Å²) in [5.74, 6) is -0.961. The number of hydrogen-bond donors (Lipinski definition) is 1. The van der Waals surface area contributed by atoms with Crippen molar-refractivity contribution in [3.05, 3.63) is 0 Å². The van der Waals surface area contributed by atoms with Gasteiger partial charge in [-0.15, -0.1) is 0 Å². The second-order valence-corrected chi connectivity index (χ2v) is 3.75. The van der Waals surface area contributed by atoms with Gasteiger partial charge in [0.1, 0.15) is 6.10 Å². The molecule has 1 aliphatic heterocycles. The first-order chi connectivity index (χ1) is 7.40. The summed E-state index contributed by atoms with van der Waals surface area (Å²) in [6, 6.07) is 0. The molecule has 0 aromatic rings. The van der Waals surface area contributed by atoms with Gasteiger partial charge in [0.25, 0.3) is 0 Å². The van der Waals surface area contributed by atoms with Crippen molar-refractivity contribution in [1.29, 1.82) is 0 Å². The Bertz CT molecular complexity index is 276. The highest BCUT2D eigenvalue weighted by atomic mass is 16.7. The van der Waals surface area contributed by atoms with Gasteiger partial charge in [-0.25, -0.2) is 0 Å². The van der Waals surface area contributed by atoms with E-state index in [-0.39, 0.29) is 6.42 Å². The lowest BCUT2D eigenvalue weighted by molar-refractivity contribution is -0.241. The largest absolute Gasteiger partial charge is 0.458 e. The summed E-state index contributed by atoms with van der Waals surface area (Å²) in [5, 5.41) is 9.36. The first-order valence-corrected chi connectivity index (χ1v) is 5.08. The summed E-state index contributed by atoms with van der Waals surface area (Å²) in [6.07, 6.45) is -2.77. The predicted octanol–water partition coefficient (Wildman–Crippen LogP) is -0.0230. The van der Waals surface area contributed by atoms with Gasteiger partial charge >= 0.3 is 11.9 Å². The molecule has 1 heterocycles. The van der Waals surface area contributed by atoms with Crippen molar-refractivity contribution in [2.45, 2.75) is 51.8 Å². The van der Waals surface area contributed by atoms with Gasteiger partial charge < -0.3 is 19.3 Å². The van der Waals surface area contributed by atoms with Crippen LogP contribution in [-0.2, 0) is 23.8 Å². The van der Waals surface area contributed by atoms with Crippen molar-refractivity contribution in [1.82, 2.24) is 0 Å². The SMILES string of the molecule is CC(=O)O[C@H]1[C@@H](C)O[C@@H](O)C[C@H]1OC(C)=O. The fourth-order valence-electron chi connectivity index (χ4n) is 1.71. The Morgan fingerprint density at radius 3 is 2.31 bits per heavy atom. The van der Waals surface area contributed by atoms with Crippen molar-refractivity contribution >= 4 is 11.9 Å². The molecular weight excluding hydrogens is 216 g/mol. The number of esters is 2. The number of aliphatic hydroxyl groups is 1. The maximum Gasteiger partial charge on any atom is 0.303 e. The quantitative estimate of drug-likeness (QED) is 0.674. The number of aliphatic hydroxyl groups excluding tert-OH is 1. The van der Waals surface area contributed by atoms with Crippen LogP contribution in [0.15, 0.2) is 0 Å². The van der Waals surface area contributed by atoms with Gasteiger partial charge in [-0.3, -0.25) is 9.59 Å². The molecule has 16 heavy (non-hydrogen) atoms. The maximum atomic E-state index is 10.9. The van der Waals surface area contributed by atoms with Crippen LogP contribution in [0.3, 0.4) is 0 Å². The second kappa shape index (κ2) is 5.27. The van der Waals surface area contributed by atoms with E-state index in [0.29, 0.717) is 0 Å². The Morgan fingerprint density at radius 2 is 1.81 bits per heavy atom. The highest BCUT2D eigenvalue weighted by Crippen LogP contribution is 2.24. The van der Waals surface area contributed by atoms with Crippen molar-refractivity contribution in [2.24, 2.45) is 0 Å². The van der Waals surface area contributed by atoms with Crippen LogP contribution < -0.4 is 0 Å². The van der Waals surface area contributed by atoms with Crippen LogP contribution in [0.25, 0.3) is 0 Å². The Kier molecular flexibility index (Phi) is 4.26. The number of carbonyl (C=O) groups is 2. The van der Waals surface area contributed by atoms with Crippen molar-refractivity contribution in [2.75, 3.05) is 0 Å². The minimum Gasteiger partial charge on any atom is -0.458 e. The average Bonchev–Trinajstić information content (AvgIpc) is 2.09. The second-order valence-electron chi connectivity index (χ2n) is 3.75. The zero-order valence-electron chi connectivity index (χ0n) is 9.50. The van der Waals surface area contributed by atoms with Crippen LogP contribution in [0.4, 0.5) is 0 Å². The molecular formula is C10H16O6.